The summed E-state index contributed by atoms with van der Waals surface area (Å²) in [5.41, 5.74) is 0.492. The van der Waals surface area contributed by atoms with Crippen LogP contribution in [0.1, 0.15) is 0 Å². The van der Waals surface area contributed by atoms with Crippen molar-refractivity contribution in [2.24, 2.45) is 0 Å². The van der Waals surface area contributed by atoms with Crippen LogP contribution < -0.4 is 9.44 Å². The fraction of sp³-hybridized carbons (Fsp3) is 0.143. The topological polar surface area (TPSA) is 58.2 Å². The fourth-order valence-corrected chi connectivity index (χ4v) is 1.20. The van der Waals surface area contributed by atoms with Crippen molar-refractivity contribution >= 4 is 15.9 Å². The first-order chi connectivity index (χ1) is 5.64. The molecule has 65 valence electrons. The number of hydrogen-bond acceptors (Lipinski definition) is 2. The third-order valence-electron chi connectivity index (χ3n) is 1.23. The summed E-state index contributed by atoms with van der Waals surface area (Å²) in [6.07, 6.45) is 0. The molecular weight excluding hydrogens is 176 g/mol. The summed E-state index contributed by atoms with van der Waals surface area (Å²) >= 11 is 0. The normalized spacial score (nSPS) is 11.1. The maximum Gasteiger partial charge on any atom is 0.298 e. The molecule has 1 aromatic rings. The highest BCUT2D eigenvalue weighted by molar-refractivity contribution is 7.90. The minimum Gasteiger partial charge on any atom is -0.271 e. The van der Waals surface area contributed by atoms with Crippen LogP contribution in [0.15, 0.2) is 24.3 Å². The molecule has 1 radical (unpaired) electrons. The average molecular weight is 185 g/mol. The van der Waals surface area contributed by atoms with Gasteiger partial charge < -0.3 is 0 Å². The van der Waals surface area contributed by atoms with Crippen LogP contribution in [0.4, 0.5) is 5.69 Å². The Morgan fingerprint density at radius 3 is 2.75 bits per heavy atom. The number of rotatable bonds is 3. The molecule has 0 amide bonds. The Kier molecular flexibility index (Phi) is 2.67. The summed E-state index contributed by atoms with van der Waals surface area (Å²) in [4.78, 5) is 0. The van der Waals surface area contributed by atoms with Gasteiger partial charge in [-0.3, -0.25) is 4.72 Å². The van der Waals surface area contributed by atoms with Crippen molar-refractivity contribution in [1.29, 1.82) is 0 Å². The third-order valence-corrected chi connectivity index (χ3v) is 2.27. The van der Waals surface area contributed by atoms with Crippen LogP contribution in [-0.2, 0) is 10.2 Å². The lowest BCUT2D eigenvalue weighted by Gasteiger charge is -2.04. The van der Waals surface area contributed by atoms with Gasteiger partial charge in [0.2, 0.25) is 0 Å². The summed E-state index contributed by atoms with van der Waals surface area (Å²) in [5, 5.41) is 0. The van der Waals surface area contributed by atoms with Crippen molar-refractivity contribution in [2.45, 2.75) is 0 Å². The lowest BCUT2D eigenvalue weighted by molar-refractivity contribution is 0.593. The van der Waals surface area contributed by atoms with Gasteiger partial charge in [-0.05, 0) is 18.2 Å². The summed E-state index contributed by atoms with van der Waals surface area (Å²) in [7, 11) is -2.05. The standard InChI is InChI=1S/C7H9N2O2S/c1-8-12(10,11)9-7-5-3-2-4-6-7/h2-3,5-6,8-9H,1H3. The first-order valence-electron chi connectivity index (χ1n) is 3.31. The maximum absolute atomic E-state index is 10.9. The van der Waals surface area contributed by atoms with Gasteiger partial charge in [-0.1, -0.05) is 12.1 Å². The molecule has 0 aliphatic rings. The highest BCUT2D eigenvalue weighted by Crippen LogP contribution is 2.05. The fourth-order valence-electron chi connectivity index (χ4n) is 0.663. The number of nitrogens with one attached hydrogen (secondary N) is 2. The van der Waals surface area contributed by atoms with Crippen LogP contribution in [0.2, 0.25) is 0 Å². The van der Waals surface area contributed by atoms with E-state index in [0.29, 0.717) is 5.69 Å². The minimum absolute atomic E-state index is 0.492. The number of hydrogen-bond donors (Lipinski definition) is 2. The second-order valence-electron chi connectivity index (χ2n) is 2.10. The summed E-state index contributed by atoms with van der Waals surface area (Å²) in [5.74, 6) is 0. The summed E-state index contributed by atoms with van der Waals surface area (Å²) in [6.45, 7) is 0. The quantitative estimate of drug-likeness (QED) is 0.714. The van der Waals surface area contributed by atoms with E-state index in [1.807, 2.05) is 0 Å². The third kappa shape index (κ3) is 2.52. The van der Waals surface area contributed by atoms with Crippen LogP contribution in [0.25, 0.3) is 0 Å². The summed E-state index contributed by atoms with van der Waals surface area (Å²) < 4.78 is 26.3. The predicted molar refractivity (Wildman–Crippen MR) is 46.9 cm³/mol. The second kappa shape index (κ2) is 3.55. The number of benzene rings is 1. The van der Waals surface area contributed by atoms with Crippen LogP contribution in [0.3, 0.4) is 0 Å². The van der Waals surface area contributed by atoms with Crippen LogP contribution in [-0.4, -0.2) is 15.5 Å². The molecule has 0 unspecified atom stereocenters. The van der Waals surface area contributed by atoms with Gasteiger partial charge in [0.1, 0.15) is 0 Å². The first-order valence-corrected chi connectivity index (χ1v) is 4.80. The van der Waals surface area contributed by atoms with Crippen molar-refractivity contribution in [3.05, 3.63) is 30.3 Å². The second-order valence-corrected chi connectivity index (χ2v) is 3.72. The van der Waals surface area contributed by atoms with E-state index in [4.69, 9.17) is 0 Å². The van der Waals surface area contributed by atoms with Crippen LogP contribution >= 0.6 is 0 Å². The predicted octanol–water partition coefficient (Wildman–Crippen LogP) is 0.363. The van der Waals surface area contributed by atoms with E-state index in [1.165, 1.54) is 7.05 Å². The van der Waals surface area contributed by atoms with E-state index in [9.17, 15) is 8.42 Å². The molecule has 5 heteroatoms. The van der Waals surface area contributed by atoms with Crippen molar-refractivity contribution in [1.82, 2.24) is 4.72 Å². The Hall–Kier alpha value is -1.07. The minimum atomic E-state index is -3.39. The van der Waals surface area contributed by atoms with Crippen molar-refractivity contribution < 1.29 is 8.42 Å². The zero-order valence-electron chi connectivity index (χ0n) is 6.53. The molecule has 0 aromatic heterocycles. The molecule has 0 saturated carbocycles. The maximum atomic E-state index is 10.9. The molecule has 0 heterocycles. The molecule has 0 saturated heterocycles. The van der Waals surface area contributed by atoms with Gasteiger partial charge in [0, 0.05) is 7.05 Å². The molecule has 0 spiro atoms. The van der Waals surface area contributed by atoms with E-state index in [2.05, 4.69) is 15.5 Å². The molecule has 0 atom stereocenters. The van der Waals surface area contributed by atoms with Gasteiger partial charge >= 0.3 is 0 Å². The Bertz CT molecular complexity index is 334. The van der Waals surface area contributed by atoms with Gasteiger partial charge in [-0.15, -0.1) is 0 Å². The zero-order valence-corrected chi connectivity index (χ0v) is 7.35. The molecule has 12 heavy (non-hydrogen) atoms. The van der Waals surface area contributed by atoms with Crippen LogP contribution in [0.5, 0.6) is 0 Å². The molecule has 4 nitrogen and oxygen atoms in total. The van der Waals surface area contributed by atoms with Gasteiger partial charge in [-0.2, -0.15) is 8.42 Å². The zero-order chi connectivity index (χ0) is 9.03. The highest BCUT2D eigenvalue weighted by Gasteiger charge is 2.03. The van der Waals surface area contributed by atoms with E-state index < -0.39 is 10.2 Å². The highest BCUT2D eigenvalue weighted by atomic mass is 32.2. The Balaban J connectivity index is 2.78. The van der Waals surface area contributed by atoms with E-state index in [-0.39, 0.29) is 0 Å². The van der Waals surface area contributed by atoms with Gasteiger partial charge in [0.25, 0.3) is 10.2 Å². The Labute approximate surface area is 71.8 Å². The van der Waals surface area contributed by atoms with E-state index >= 15 is 0 Å². The molecule has 0 fully saturated rings. The van der Waals surface area contributed by atoms with Gasteiger partial charge in [0.05, 0.1) is 5.69 Å². The largest absolute Gasteiger partial charge is 0.298 e. The average Bonchev–Trinajstić information content (AvgIpc) is 2.06. The Morgan fingerprint density at radius 2 is 2.25 bits per heavy atom. The number of anilines is 1. The molecule has 1 rings (SSSR count). The van der Waals surface area contributed by atoms with Crippen molar-refractivity contribution in [3.63, 3.8) is 0 Å². The first kappa shape index (κ1) is 9.02. The molecule has 2 N–H and O–H groups in total. The molecule has 1 aromatic carbocycles. The van der Waals surface area contributed by atoms with Gasteiger partial charge in [0.15, 0.2) is 0 Å². The molecule has 0 aliphatic carbocycles. The molecular formula is C7H9N2O2S. The van der Waals surface area contributed by atoms with Crippen molar-refractivity contribution in [2.75, 3.05) is 11.8 Å². The summed E-state index contributed by atoms with van der Waals surface area (Å²) in [6, 6.07) is 9.34. The smallest absolute Gasteiger partial charge is 0.271 e. The molecule has 0 aliphatic heterocycles. The lowest BCUT2D eigenvalue weighted by atomic mass is 10.3. The van der Waals surface area contributed by atoms with Gasteiger partial charge in [-0.25, -0.2) is 4.72 Å². The SMILES string of the molecule is CNS(=O)(=O)Nc1c[c]ccc1. The molecule has 0 bridgehead atoms. The van der Waals surface area contributed by atoms with E-state index in [1.54, 1.807) is 24.3 Å². The van der Waals surface area contributed by atoms with E-state index in [0.717, 1.165) is 0 Å². The monoisotopic (exact) mass is 185 g/mol. The lowest BCUT2D eigenvalue weighted by Crippen LogP contribution is -2.26. The van der Waals surface area contributed by atoms with Crippen LogP contribution in [0, 0.1) is 6.07 Å². The Morgan fingerprint density at radius 1 is 1.50 bits per heavy atom. The van der Waals surface area contributed by atoms with Crippen molar-refractivity contribution in [3.8, 4) is 0 Å².